The summed E-state index contributed by atoms with van der Waals surface area (Å²) in [6.07, 6.45) is 0.886. The van der Waals surface area contributed by atoms with Gasteiger partial charge >= 0.3 is 0 Å². The molecule has 3 rings (SSSR count). The van der Waals surface area contributed by atoms with Crippen LogP contribution in [0.3, 0.4) is 0 Å². The number of fused-ring (bicyclic) bond motifs is 1. The summed E-state index contributed by atoms with van der Waals surface area (Å²) < 4.78 is 0. The minimum atomic E-state index is -0.409. The molecule has 0 aliphatic carbocycles. The molecule has 2 heteroatoms. The van der Waals surface area contributed by atoms with Crippen molar-refractivity contribution in [3.05, 3.63) is 65.7 Å². The van der Waals surface area contributed by atoms with Crippen molar-refractivity contribution >= 4 is 11.6 Å². The molecule has 0 aromatic heterocycles. The Morgan fingerprint density at radius 2 is 1.60 bits per heavy atom. The second-order valence-corrected chi connectivity index (χ2v) is 5.83. The van der Waals surface area contributed by atoms with Gasteiger partial charge in [0.25, 0.3) is 0 Å². The van der Waals surface area contributed by atoms with Crippen LogP contribution in [0, 0.1) is 0 Å². The molecule has 0 radical (unpaired) electrons. The van der Waals surface area contributed by atoms with Gasteiger partial charge in [-0.15, -0.1) is 0 Å². The zero-order chi connectivity index (χ0) is 14.2. The molecule has 0 fully saturated rings. The number of anilines is 1. The summed E-state index contributed by atoms with van der Waals surface area (Å²) in [5.41, 5.74) is 3.06. The largest absolute Gasteiger partial charge is 0.311 e. The normalized spacial score (nSPS) is 16.3. The van der Waals surface area contributed by atoms with Crippen LogP contribution in [0.1, 0.15) is 25.0 Å². The highest BCUT2D eigenvalue weighted by Crippen LogP contribution is 2.41. The van der Waals surface area contributed by atoms with Gasteiger partial charge in [0.1, 0.15) is 0 Å². The van der Waals surface area contributed by atoms with E-state index in [0.29, 0.717) is 0 Å². The van der Waals surface area contributed by atoms with Crippen molar-refractivity contribution in [3.63, 3.8) is 0 Å². The van der Waals surface area contributed by atoms with Gasteiger partial charge in [0.05, 0.1) is 5.41 Å². The van der Waals surface area contributed by atoms with Gasteiger partial charge in [0, 0.05) is 12.2 Å². The van der Waals surface area contributed by atoms with Crippen molar-refractivity contribution in [3.8, 4) is 0 Å². The molecule has 2 aromatic carbocycles. The van der Waals surface area contributed by atoms with Crippen LogP contribution in [0.25, 0.3) is 0 Å². The minimum Gasteiger partial charge on any atom is -0.311 e. The van der Waals surface area contributed by atoms with Gasteiger partial charge in [-0.1, -0.05) is 48.5 Å². The van der Waals surface area contributed by atoms with E-state index in [1.807, 2.05) is 55.1 Å². The molecular formula is C18H19NO. The highest BCUT2D eigenvalue weighted by atomic mass is 16.2. The van der Waals surface area contributed by atoms with E-state index in [0.717, 1.165) is 24.2 Å². The third kappa shape index (κ3) is 2.01. The van der Waals surface area contributed by atoms with Gasteiger partial charge in [-0.2, -0.15) is 0 Å². The maximum absolute atomic E-state index is 12.6. The zero-order valence-electron chi connectivity index (χ0n) is 12.0. The molecule has 0 spiro atoms. The van der Waals surface area contributed by atoms with Crippen LogP contribution in [0.4, 0.5) is 5.69 Å². The van der Waals surface area contributed by atoms with E-state index in [1.165, 1.54) is 5.56 Å². The van der Waals surface area contributed by atoms with E-state index in [9.17, 15) is 4.79 Å². The van der Waals surface area contributed by atoms with Gasteiger partial charge in [-0.05, 0) is 37.5 Å². The molecule has 2 aromatic rings. The van der Waals surface area contributed by atoms with E-state index in [1.54, 1.807) is 0 Å². The molecule has 1 aliphatic heterocycles. The van der Waals surface area contributed by atoms with Crippen molar-refractivity contribution < 1.29 is 4.79 Å². The summed E-state index contributed by atoms with van der Waals surface area (Å²) in [4.78, 5) is 14.6. The van der Waals surface area contributed by atoms with Crippen LogP contribution in [-0.2, 0) is 16.6 Å². The summed E-state index contributed by atoms with van der Waals surface area (Å²) >= 11 is 0. The highest BCUT2D eigenvalue weighted by Gasteiger charge is 2.43. The zero-order valence-corrected chi connectivity index (χ0v) is 12.0. The number of amides is 1. The maximum atomic E-state index is 12.6. The molecule has 0 unspecified atom stereocenters. The molecule has 0 N–H and O–H groups in total. The summed E-state index contributed by atoms with van der Waals surface area (Å²) in [5, 5.41) is 0. The number of hydrogen-bond acceptors (Lipinski definition) is 1. The van der Waals surface area contributed by atoms with E-state index in [2.05, 4.69) is 18.2 Å². The monoisotopic (exact) mass is 265 g/mol. The van der Waals surface area contributed by atoms with Gasteiger partial charge in [-0.3, -0.25) is 4.79 Å². The van der Waals surface area contributed by atoms with E-state index in [4.69, 9.17) is 0 Å². The third-order valence-corrected chi connectivity index (χ3v) is 4.11. The topological polar surface area (TPSA) is 20.3 Å². The Hall–Kier alpha value is -2.09. The van der Waals surface area contributed by atoms with E-state index >= 15 is 0 Å². The molecule has 1 amide bonds. The first kappa shape index (κ1) is 12.9. The van der Waals surface area contributed by atoms with E-state index < -0.39 is 5.41 Å². The fourth-order valence-corrected chi connectivity index (χ4v) is 2.91. The Labute approximate surface area is 120 Å². The Morgan fingerprint density at radius 1 is 0.950 bits per heavy atom. The minimum absolute atomic E-state index is 0.203. The first-order chi connectivity index (χ1) is 9.60. The highest BCUT2D eigenvalue weighted by molar-refractivity contribution is 6.07. The lowest BCUT2D eigenvalue weighted by Gasteiger charge is -2.20. The van der Waals surface area contributed by atoms with Gasteiger partial charge in [0.2, 0.25) is 5.91 Å². The number of benzene rings is 2. The number of para-hydroxylation sites is 1. The van der Waals surface area contributed by atoms with Crippen LogP contribution < -0.4 is 4.90 Å². The summed E-state index contributed by atoms with van der Waals surface area (Å²) in [6.45, 7) is 4.76. The number of carbonyl (C=O) groups is 1. The molecule has 20 heavy (non-hydrogen) atoms. The van der Waals surface area contributed by atoms with Gasteiger partial charge < -0.3 is 4.90 Å². The predicted molar refractivity (Wildman–Crippen MR) is 82.0 cm³/mol. The lowest BCUT2D eigenvalue weighted by atomic mass is 9.86. The van der Waals surface area contributed by atoms with Crippen molar-refractivity contribution in [1.82, 2.24) is 0 Å². The van der Waals surface area contributed by atoms with Gasteiger partial charge in [0.15, 0.2) is 0 Å². The SMILES string of the molecule is CC1(C)C(=O)N(CCc2ccccc2)c2ccccc21. The lowest BCUT2D eigenvalue weighted by Crippen LogP contribution is -2.37. The Bertz CT molecular complexity index is 631. The van der Waals surface area contributed by atoms with Crippen molar-refractivity contribution in [2.75, 3.05) is 11.4 Å². The number of carbonyl (C=O) groups excluding carboxylic acids is 1. The third-order valence-electron chi connectivity index (χ3n) is 4.11. The average molecular weight is 265 g/mol. The molecule has 0 bridgehead atoms. The summed E-state index contributed by atoms with van der Waals surface area (Å²) in [6, 6.07) is 18.4. The van der Waals surface area contributed by atoms with Crippen molar-refractivity contribution in [1.29, 1.82) is 0 Å². The standard InChI is InChI=1S/C18H19NO/c1-18(2)15-10-6-7-11-16(15)19(17(18)20)13-12-14-8-4-3-5-9-14/h3-11H,12-13H2,1-2H3. The van der Waals surface area contributed by atoms with Crippen LogP contribution in [-0.4, -0.2) is 12.5 Å². The molecule has 0 saturated carbocycles. The molecule has 102 valence electrons. The van der Waals surface area contributed by atoms with Crippen molar-refractivity contribution in [2.24, 2.45) is 0 Å². The summed E-state index contributed by atoms with van der Waals surface area (Å²) in [7, 11) is 0. The predicted octanol–water partition coefficient (Wildman–Crippen LogP) is 3.55. The fourth-order valence-electron chi connectivity index (χ4n) is 2.91. The van der Waals surface area contributed by atoms with Crippen LogP contribution >= 0.6 is 0 Å². The fraction of sp³-hybridized carbons (Fsp3) is 0.278. The first-order valence-corrected chi connectivity index (χ1v) is 7.06. The molecule has 0 saturated heterocycles. The molecule has 2 nitrogen and oxygen atoms in total. The van der Waals surface area contributed by atoms with Crippen LogP contribution in [0.2, 0.25) is 0 Å². The number of nitrogens with zero attached hydrogens (tertiary/aromatic N) is 1. The Morgan fingerprint density at radius 3 is 2.35 bits per heavy atom. The van der Waals surface area contributed by atoms with Crippen LogP contribution in [0.15, 0.2) is 54.6 Å². The second kappa shape index (κ2) is 4.78. The summed E-state index contributed by atoms with van der Waals surface area (Å²) in [5.74, 6) is 0.203. The number of rotatable bonds is 3. The van der Waals surface area contributed by atoms with Crippen LogP contribution in [0.5, 0.6) is 0 Å². The maximum Gasteiger partial charge on any atom is 0.237 e. The van der Waals surface area contributed by atoms with Gasteiger partial charge in [-0.25, -0.2) is 0 Å². The Balaban J connectivity index is 1.86. The quantitative estimate of drug-likeness (QED) is 0.831. The van der Waals surface area contributed by atoms with E-state index in [-0.39, 0.29) is 5.91 Å². The Kier molecular flexibility index (Phi) is 3.09. The average Bonchev–Trinajstić information content (AvgIpc) is 2.67. The first-order valence-electron chi connectivity index (χ1n) is 7.06. The van der Waals surface area contributed by atoms with Crippen molar-refractivity contribution in [2.45, 2.75) is 25.7 Å². The second-order valence-electron chi connectivity index (χ2n) is 5.83. The smallest absolute Gasteiger partial charge is 0.237 e. The molecule has 1 heterocycles. The molecule has 1 aliphatic rings. The number of hydrogen-bond donors (Lipinski definition) is 0. The molecular weight excluding hydrogens is 246 g/mol. The molecule has 0 atom stereocenters. The lowest BCUT2D eigenvalue weighted by molar-refractivity contribution is -0.122.